The van der Waals surface area contributed by atoms with Crippen molar-refractivity contribution in [3.05, 3.63) is 106 Å². The molecule has 3 aromatic carbocycles. The zero-order chi connectivity index (χ0) is 35.8. The van der Waals surface area contributed by atoms with E-state index in [2.05, 4.69) is 10.3 Å². The molecule has 3 heterocycles. The lowest BCUT2D eigenvalue weighted by Crippen LogP contribution is -2.36. The molecule has 0 spiro atoms. The molecule has 1 aromatic heterocycles. The SMILES string of the molecule is CCOC(=O)CC(c1ccc(C)c(CN2CC=C(OCc3ccccc3)OS2(=O)=O)c1)c1ccc2c(nnn2CCCOC2CCCCO2)c1C. The third-order valence-electron chi connectivity index (χ3n) is 9.30. The normalized spacial score (nSPS) is 18.2. The number of nitrogens with zero attached hydrogens (tertiary/aromatic N) is 4. The smallest absolute Gasteiger partial charge is 0.388 e. The molecule has 0 saturated carbocycles. The highest BCUT2D eigenvalue weighted by atomic mass is 32.2. The molecule has 2 aliphatic heterocycles. The maximum Gasteiger partial charge on any atom is 0.388 e. The molecule has 0 bridgehead atoms. The summed E-state index contributed by atoms with van der Waals surface area (Å²) in [6.07, 6.45) is 5.51. The van der Waals surface area contributed by atoms with E-state index in [1.54, 1.807) is 13.0 Å². The predicted octanol–water partition coefficient (Wildman–Crippen LogP) is 6.20. The van der Waals surface area contributed by atoms with Crippen molar-refractivity contribution in [1.82, 2.24) is 19.3 Å². The van der Waals surface area contributed by atoms with Crippen molar-refractivity contribution in [2.75, 3.05) is 26.4 Å². The molecule has 0 N–H and O–H groups in total. The summed E-state index contributed by atoms with van der Waals surface area (Å²) in [6, 6.07) is 19.4. The van der Waals surface area contributed by atoms with Gasteiger partial charge in [0.1, 0.15) is 12.1 Å². The second kappa shape index (κ2) is 16.8. The van der Waals surface area contributed by atoms with E-state index in [0.717, 1.165) is 76.7 Å². The fraction of sp³-hybridized carbons (Fsp3) is 0.447. The van der Waals surface area contributed by atoms with Crippen LogP contribution >= 0.6 is 0 Å². The van der Waals surface area contributed by atoms with Crippen LogP contribution in [0.5, 0.6) is 0 Å². The predicted molar refractivity (Wildman–Crippen MR) is 190 cm³/mol. The molecule has 0 radical (unpaired) electrons. The van der Waals surface area contributed by atoms with Gasteiger partial charge in [0, 0.05) is 38.2 Å². The fourth-order valence-corrected chi connectivity index (χ4v) is 7.46. The second-order valence-electron chi connectivity index (χ2n) is 12.9. The molecular weight excluding hydrogens is 673 g/mol. The van der Waals surface area contributed by atoms with E-state index in [-0.39, 0.29) is 56.8 Å². The highest BCUT2D eigenvalue weighted by Crippen LogP contribution is 2.35. The lowest BCUT2D eigenvalue weighted by atomic mass is 9.84. The number of aromatic nitrogens is 3. The Hall–Kier alpha value is -4.30. The maximum atomic E-state index is 13.2. The number of hydrogen-bond donors (Lipinski definition) is 0. The van der Waals surface area contributed by atoms with E-state index in [0.29, 0.717) is 13.2 Å². The molecule has 272 valence electrons. The van der Waals surface area contributed by atoms with Crippen LogP contribution in [0.4, 0.5) is 0 Å². The van der Waals surface area contributed by atoms with E-state index >= 15 is 0 Å². The van der Waals surface area contributed by atoms with Crippen LogP contribution in [0.1, 0.15) is 78.3 Å². The monoisotopic (exact) mass is 718 g/mol. The number of carbonyl (C=O) groups is 1. The molecule has 1 saturated heterocycles. The minimum atomic E-state index is -4.11. The largest absolute Gasteiger partial charge is 0.466 e. The third-order valence-corrected chi connectivity index (χ3v) is 10.6. The zero-order valence-electron chi connectivity index (χ0n) is 29.5. The van der Waals surface area contributed by atoms with Crippen LogP contribution in [0.15, 0.2) is 72.7 Å². The first kappa shape index (κ1) is 36.5. The van der Waals surface area contributed by atoms with E-state index in [9.17, 15) is 13.2 Å². The third kappa shape index (κ3) is 9.14. The Morgan fingerprint density at radius 2 is 1.92 bits per heavy atom. The van der Waals surface area contributed by atoms with Gasteiger partial charge in [0.25, 0.3) is 5.95 Å². The molecular formula is C38H46N4O8S. The molecule has 0 aliphatic carbocycles. The summed E-state index contributed by atoms with van der Waals surface area (Å²) in [4.78, 5) is 13.0. The van der Waals surface area contributed by atoms with E-state index < -0.39 is 10.3 Å². The van der Waals surface area contributed by atoms with Crippen LogP contribution in [0.2, 0.25) is 0 Å². The molecule has 1 fully saturated rings. The molecule has 13 heteroatoms. The Kier molecular flexibility index (Phi) is 12.0. The number of carbonyl (C=O) groups excluding carboxylic acids is 1. The van der Waals surface area contributed by atoms with Gasteiger partial charge in [-0.15, -0.1) is 5.10 Å². The van der Waals surface area contributed by atoms with Crippen molar-refractivity contribution in [3.63, 3.8) is 0 Å². The van der Waals surface area contributed by atoms with Crippen LogP contribution in [0, 0.1) is 13.8 Å². The van der Waals surface area contributed by atoms with Crippen molar-refractivity contribution in [1.29, 1.82) is 0 Å². The van der Waals surface area contributed by atoms with Gasteiger partial charge in [-0.05, 0) is 85.9 Å². The maximum absolute atomic E-state index is 13.2. The van der Waals surface area contributed by atoms with Gasteiger partial charge in [-0.1, -0.05) is 59.8 Å². The highest BCUT2D eigenvalue weighted by molar-refractivity contribution is 7.84. The van der Waals surface area contributed by atoms with Gasteiger partial charge in [0.2, 0.25) is 0 Å². The zero-order valence-corrected chi connectivity index (χ0v) is 30.3. The summed E-state index contributed by atoms with van der Waals surface area (Å²) in [6.45, 7) is 8.32. The topological polar surface area (TPSA) is 131 Å². The van der Waals surface area contributed by atoms with Crippen molar-refractivity contribution < 1.29 is 36.3 Å². The first-order valence-corrected chi connectivity index (χ1v) is 19.0. The van der Waals surface area contributed by atoms with E-state index in [4.69, 9.17) is 23.1 Å². The number of aryl methyl sites for hydroxylation is 3. The molecule has 0 amide bonds. The Labute approximate surface area is 299 Å². The average Bonchev–Trinajstić information content (AvgIpc) is 3.55. The molecule has 4 aromatic rings. The second-order valence-corrected chi connectivity index (χ2v) is 14.4. The Balaban J connectivity index is 1.20. The minimum Gasteiger partial charge on any atom is -0.466 e. The molecule has 2 atom stereocenters. The Morgan fingerprint density at radius 1 is 1.08 bits per heavy atom. The van der Waals surface area contributed by atoms with Gasteiger partial charge >= 0.3 is 16.3 Å². The Bertz CT molecular complexity index is 1940. The molecule has 51 heavy (non-hydrogen) atoms. The first-order chi connectivity index (χ1) is 24.7. The van der Waals surface area contributed by atoms with Gasteiger partial charge in [-0.2, -0.15) is 12.7 Å². The summed E-state index contributed by atoms with van der Waals surface area (Å²) in [5.41, 5.74) is 6.97. The summed E-state index contributed by atoms with van der Waals surface area (Å²) in [7, 11) is -4.11. The number of benzene rings is 3. The summed E-state index contributed by atoms with van der Waals surface area (Å²) >= 11 is 0. The van der Waals surface area contributed by atoms with Crippen molar-refractivity contribution in [2.24, 2.45) is 0 Å². The van der Waals surface area contributed by atoms with Crippen LogP contribution in [0.3, 0.4) is 0 Å². The van der Waals surface area contributed by atoms with Crippen molar-refractivity contribution in [3.8, 4) is 0 Å². The van der Waals surface area contributed by atoms with E-state index in [1.165, 1.54) is 4.31 Å². The molecule has 2 unspecified atom stereocenters. The fourth-order valence-electron chi connectivity index (χ4n) is 6.47. The number of rotatable bonds is 15. The van der Waals surface area contributed by atoms with Crippen LogP contribution in [-0.4, -0.2) is 66.3 Å². The first-order valence-electron chi connectivity index (χ1n) is 17.6. The number of hydrogen-bond acceptors (Lipinski definition) is 10. The van der Waals surface area contributed by atoms with Crippen LogP contribution < -0.4 is 0 Å². The van der Waals surface area contributed by atoms with Gasteiger partial charge in [0.05, 0.1) is 25.2 Å². The lowest BCUT2D eigenvalue weighted by molar-refractivity contribution is -0.163. The standard InChI is InChI=1S/C38H46N4O8S/c1-4-46-35(43)24-33(32-16-17-34-38(28(32)3)39-40-42(34)19-10-22-48-36-13-8-9-21-47-36)30-15-14-27(2)31(23-30)25-41-20-18-37(50-51(41,44)45)49-26-29-11-6-5-7-12-29/h5-7,11-12,14-18,23,33,36H,4,8-10,13,19-22,24-26H2,1-3H3. The quantitative estimate of drug-likeness (QED) is 0.103. The highest BCUT2D eigenvalue weighted by Gasteiger charge is 2.31. The van der Waals surface area contributed by atoms with Gasteiger partial charge in [-0.3, -0.25) is 4.79 Å². The van der Waals surface area contributed by atoms with Crippen LogP contribution in [0.25, 0.3) is 11.0 Å². The number of esters is 1. The number of fused-ring (bicyclic) bond motifs is 1. The summed E-state index contributed by atoms with van der Waals surface area (Å²) in [5.74, 6) is -0.732. The molecule has 12 nitrogen and oxygen atoms in total. The number of ether oxygens (including phenoxy) is 4. The van der Waals surface area contributed by atoms with Crippen molar-refractivity contribution in [2.45, 2.75) is 84.8 Å². The van der Waals surface area contributed by atoms with E-state index in [1.807, 2.05) is 79.2 Å². The van der Waals surface area contributed by atoms with Crippen molar-refractivity contribution >= 4 is 27.3 Å². The lowest BCUT2D eigenvalue weighted by Gasteiger charge is -2.26. The minimum absolute atomic E-state index is 0.0414. The molecule has 2 aliphatic rings. The average molecular weight is 719 g/mol. The summed E-state index contributed by atoms with van der Waals surface area (Å²) in [5, 5.41) is 8.97. The molecule has 6 rings (SSSR count). The van der Waals surface area contributed by atoms with Gasteiger partial charge < -0.3 is 23.1 Å². The van der Waals surface area contributed by atoms with Crippen LogP contribution in [-0.2, 0) is 57.9 Å². The van der Waals surface area contributed by atoms with Gasteiger partial charge in [-0.25, -0.2) is 4.68 Å². The Morgan fingerprint density at radius 3 is 2.69 bits per heavy atom. The summed E-state index contributed by atoms with van der Waals surface area (Å²) < 4.78 is 57.5. The van der Waals surface area contributed by atoms with Gasteiger partial charge in [0.15, 0.2) is 6.29 Å².